The van der Waals surface area contributed by atoms with Gasteiger partial charge < -0.3 is 9.14 Å². The van der Waals surface area contributed by atoms with Crippen LogP contribution in [0.5, 0.6) is 0 Å². The van der Waals surface area contributed by atoms with E-state index in [2.05, 4.69) is 11.1 Å². The zero-order valence-corrected chi connectivity index (χ0v) is 12.1. The molecule has 0 atom stereocenters. The number of esters is 1. The fraction of sp³-hybridized carbons (Fsp3) is 0.0625. The zero-order chi connectivity index (χ0) is 15.5. The van der Waals surface area contributed by atoms with Crippen molar-refractivity contribution in [2.75, 3.05) is 0 Å². The van der Waals surface area contributed by atoms with Crippen LogP contribution in [-0.2, 0) is 11.3 Å². The van der Waals surface area contributed by atoms with Gasteiger partial charge in [0.1, 0.15) is 17.8 Å². The lowest BCUT2D eigenvalue weighted by atomic mass is 10.2. The van der Waals surface area contributed by atoms with Crippen LogP contribution in [0, 0.1) is 11.3 Å². The molecule has 0 unspecified atom stereocenters. The molecule has 5 nitrogen and oxygen atoms in total. The van der Waals surface area contributed by atoms with E-state index in [1.807, 2.05) is 28.8 Å². The van der Waals surface area contributed by atoms with Crippen molar-refractivity contribution >= 4 is 23.1 Å². The molecule has 0 bridgehead atoms. The number of nitrogens with zero attached hydrogens (tertiary/aromatic N) is 3. The standard InChI is InChI=1S/C16H10ClN3O2/c17-15-5-4-11(8-19-15)16(21)22-10-12-9-20-6-2-1-3-14(20)13(12)7-18/h1-6,8-9H,10H2. The third kappa shape index (κ3) is 2.65. The summed E-state index contributed by atoms with van der Waals surface area (Å²) in [5, 5.41) is 9.60. The van der Waals surface area contributed by atoms with Crippen LogP contribution in [0.25, 0.3) is 5.52 Å². The van der Waals surface area contributed by atoms with E-state index in [9.17, 15) is 10.1 Å². The van der Waals surface area contributed by atoms with Gasteiger partial charge in [0.2, 0.25) is 0 Å². The van der Waals surface area contributed by atoms with Crippen LogP contribution < -0.4 is 0 Å². The number of hydrogen-bond donors (Lipinski definition) is 0. The number of hydrogen-bond acceptors (Lipinski definition) is 4. The normalized spacial score (nSPS) is 10.4. The Bertz CT molecular complexity index is 879. The van der Waals surface area contributed by atoms with Gasteiger partial charge in [0, 0.05) is 24.2 Å². The van der Waals surface area contributed by atoms with E-state index in [1.54, 1.807) is 12.3 Å². The monoisotopic (exact) mass is 311 g/mol. The minimum absolute atomic E-state index is 0.0199. The van der Waals surface area contributed by atoms with Gasteiger partial charge in [0.15, 0.2) is 0 Å². The molecule has 0 radical (unpaired) electrons. The van der Waals surface area contributed by atoms with Crippen molar-refractivity contribution in [2.24, 2.45) is 0 Å². The Morgan fingerprint density at radius 2 is 2.23 bits per heavy atom. The van der Waals surface area contributed by atoms with Gasteiger partial charge in [-0.25, -0.2) is 9.78 Å². The van der Waals surface area contributed by atoms with Crippen molar-refractivity contribution in [1.29, 1.82) is 5.26 Å². The maximum Gasteiger partial charge on any atom is 0.340 e. The highest BCUT2D eigenvalue weighted by Gasteiger charge is 2.13. The van der Waals surface area contributed by atoms with Crippen molar-refractivity contribution < 1.29 is 9.53 Å². The molecule has 0 aliphatic heterocycles. The molecule has 0 spiro atoms. The molecule has 22 heavy (non-hydrogen) atoms. The van der Waals surface area contributed by atoms with Gasteiger partial charge in [0.05, 0.1) is 16.6 Å². The molecule has 3 aromatic heterocycles. The molecule has 0 aliphatic carbocycles. The molecule has 0 saturated heterocycles. The lowest BCUT2D eigenvalue weighted by Gasteiger charge is -2.03. The maximum absolute atomic E-state index is 11.9. The largest absolute Gasteiger partial charge is 0.457 e. The van der Waals surface area contributed by atoms with E-state index >= 15 is 0 Å². The van der Waals surface area contributed by atoms with Crippen molar-refractivity contribution in [3.05, 3.63) is 70.8 Å². The number of halogens is 1. The molecular formula is C16H10ClN3O2. The number of fused-ring (bicyclic) bond motifs is 1. The molecular weight excluding hydrogens is 302 g/mol. The number of nitriles is 1. The lowest BCUT2D eigenvalue weighted by molar-refractivity contribution is 0.0472. The Kier molecular flexibility index (Phi) is 3.77. The van der Waals surface area contributed by atoms with Crippen LogP contribution in [0.2, 0.25) is 5.15 Å². The second kappa shape index (κ2) is 5.88. The van der Waals surface area contributed by atoms with Crippen LogP contribution in [0.15, 0.2) is 48.9 Å². The molecule has 3 rings (SSSR count). The third-order valence-electron chi connectivity index (χ3n) is 3.20. The summed E-state index contributed by atoms with van der Waals surface area (Å²) in [6.07, 6.45) is 4.97. The fourth-order valence-electron chi connectivity index (χ4n) is 2.14. The summed E-state index contributed by atoms with van der Waals surface area (Å²) >= 11 is 5.67. The summed E-state index contributed by atoms with van der Waals surface area (Å²) in [6.45, 7) is 0.0199. The van der Waals surface area contributed by atoms with Crippen LogP contribution >= 0.6 is 11.6 Å². The average Bonchev–Trinajstić information content (AvgIpc) is 2.90. The molecule has 3 heterocycles. The van der Waals surface area contributed by atoms with E-state index < -0.39 is 5.97 Å². The van der Waals surface area contributed by atoms with Crippen molar-refractivity contribution in [3.8, 4) is 6.07 Å². The highest BCUT2D eigenvalue weighted by Crippen LogP contribution is 2.19. The molecule has 3 aromatic rings. The third-order valence-corrected chi connectivity index (χ3v) is 3.42. The van der Waals surface area contributed by atoms with Gasteiger partial charge in [-0.3, -0.25) is 0 Å². The van der Waals surface area contributed by atoms with Crippen molar-refractivity contribution in [1.82, 2.24) is 9.38 Å². The first-order chi connectivity index (χ1) is 10.7. The van der Waals surface area contributed by atoms with Crippen molar-refractivity contribution in [2.45, 2.75) is 6.61 Å². The first-order valence-electron chi connectivity index (χ1n) is 6.46. The first-order valence-corrected chi connectivity index (χ1v) is 6.84. The SMILES string of the molecule is N#Cc1c(COC(=O)c2ccc(Cl)nc2)cn2ccccc12. The number of rotatable bonds is 3. The number of ether oxygens (including phenoxy) is 1. The summed E-state index contributed by atoms with van der Waals surface area (Å²) in [4.78, 5) is 15.8. The lowest BCUT2D eigenvalue weighted by Crippen LogP contribution is -2.05. The van der Waals surface area contributed by atoms with E-state index in [0.29, 0.717) is 21.8 Å². The zero-order valence-electron chi connectivity index (χ0n) is 11.4. The van der Waals surface area contributed by atoms with Crippen molar-refractivity contribution in [3.63, 3.8) is 0 Å². The molecule has 0 aromatic carbocycles. The minimum atomic E-state index is -0.511. The van der Waals surface area contributed by atoms with Gasteiger partial charge in [-0.05, 0) is 24.3 Å². The van der Waals surface area contributed by atoms with E-state index in [0.717, 1.165) is 5.52 Å². The average molecular weight is 312 g/mol. The van der Waals surface area contributed by atoms with E-state index in [4.69, 9.17) is 16.3 Å². The maximum atomic E-state index is 11.9. The Hall–Kier alpha value is -2.84. The van der Waals surface area contributed by atoms with E-state index in [-0.39, 0.29) is 6.61 Å². The molecule has 0 aliphatic rings. The Balaban J connectivity index is 1.81. The van der Waals surface area contributed by atoms with Crippen LogP contribution in [0.4, 0.5) is 0 Å². The van der Waals surface area contributed by atoms with Crippen LogP contribution in [0.1, 0.15) is 21.5 Å². The Labute approximate surface area is 131 Å². The molecule has 0 fully saturated rings. The van der Waals surface area contributed by atoms with Gasteiger partial charge in [-0.1, -0.05) is 17.7 Å². The minimum Gasteiger partial charge on any atom is -0.457 e. The van der Waals surface area contributed by atoms with Gasteiger partial charge >= 0.3 is 5.97 Å². The second-order valence-corrected chi connectivity index (χ2v) is 4.97. The quantitative estimate of drug-likeness (QED) is 0.550. The summed E-state index contributed by atoms with van der Waals surface area (Å²) in [7, 11) is 0. The summed E-state index contributed by atoms with van der Waals surface area (Å²) in [5.74, 6) is -0.511. The number of aromatic nitrogens is 2. The molecule has 108 valence electrons. The highest BCUT2D eigenvalue weighted by atomic mass is 35.5. The smallest absolute Gasteiger partial charge is 0.340 e. The first kappa shape index (κ1) is 14.1. The van der Waals surface area contributed by atoms with Crippen LogP contribution in [0.3, 0.4) is 0 Å². The summed E-state index contributed by atoms with van der Waals surface area (Å²) in [5.41, 5.74) is 2.25. The van der Waals surface area contributed by atoms with Crippen LogP contribution in [-0.4, -0.2) is 15.4 Å². The number of pyridine rings is 2. The predicted octanol–water partition coefficient (Wildman–Crippen LogP) is 3.22. The van der Waals surface area contributed by atoms with Gasteiger partial charge in [-0.2, -0.15) is 5.26 Å². The number of carbonyl (C=O) groups excluding carboxylic acids is 1. The molecule has 0 saturated carbocycles. The highest BCUT2D eigenvalue weighted by molar-refractivity contribution is 6.29. The second-order valence-electron chi connectivity index (χ2n) is 4.58. The fourth-order valence-corrected chi connectivity index (χ4v) is 2.25. The molecule has 0 N–H and O–H groups in total. The molecule has 6 heteroatoms. The van der Waals surface area contributed by atoms with Gasteiger partial charge in [0.25, 0.3) is 0 Å². The Morgan fingerprint density at radius 3 is 2.95 bits per heavy atom. The van der Waals surface area contributed by atoms with E-state index in [1.165, 1.54) is 12.3 Å². The van der Waals surface area contributed by atoms with Gasteiger partial charge in [-0.15, -0.1) is 0 Å². The topological polar surface area (TPSA) is 67.4 Å². The summed E-state index contributed by atoms with van der Waals surface area (Å²) < 4.78 is 7.06. The Morgan fingerprint density at radius 1 is 1.36 bits per heavy atom. The molecule has 0 amide bonds. The number of carbonyl (C=O) groups is 1. The predicted molar refractivity (Wildman–Crippen MR) is 80.5 cm³/mol. The summed E-state index contributed by atoms with van der Waals surface area (Å²) in [6, 6.07) is 10.8.